The third kappa shape index (κ3) is 2.85. The predicted molar refractivity (Wildman–Crippen MR) is 71.7 cm³/mol. The lowest BCUT2D eigenvalue weighted by molar-refractivity contribution is -0.0267. The highest BCUT2D eigenvalue weighted by Crippen LogP contribution is 2.22. The molecule has 2 rings (SSSR count). The summed E-state index contributed by atoms with van der Waals surface area (Å²) in [5.74, 6) is 0. The minimum atomic E-state index is 0.136. The van der Waals surface area contributed by atoms with Gasteiger partial charge in [0, 0.05) is 32.7 Å². The Morgan fingerprint density at radius 3 is 3.00 bits per heavy atom. The zero-order valence-electron chi connectivity index (χ0n) is 11.0. The van der Waals surface area contributed by atoms with Gasteiger partial charge in [-0.2, -0.15) is 5.10 Å². The largest absolute Gasteiger partial charge is 0.374 e. The second kappa shape index (κ2) is 6.02. The zero-order valence-corrected chi connectivity index (χ0v) is 11.8. The second-order valence-corrected chi connectivity index (χ2v) is 5.00. The molecule has 5 nitrogen and oxygen atoms in total. The molecule has 1 atom stereocenters. The Hall–Kier alpha value is -0.620. The molecule has 0 aromatic carbocycles. The average molecular weight is 273 g/mol. The maximum Gasteiger partial charge on any atom is 0.0860 e. The monoisotopic (exact) mass is 272 g/mol. The number of ether oxygens (including phenoxy) is 1. The van der Waals surface area contributed by atoms with Gasteiger partial charge in [0.05, 0.1) is 29.1 Å². The van der Waals surface area contributed by atoms with Crippen LogP contribution in [0.1, 0.15) is 18.3 Å². The van der Waals surface area contributed by atoms with Gasteiger partial charge in [-0.05, 0) is 13.8 Å². The van der Waals surface area contributed by atoms with Crippen molar-refractivity contribution in [1.82, 2.24) is 14.7 Å². The Morgan fingerprint density at radius 2 is 2.33 bits per heavy atom. The summed E-state index contributed by atoms with van der Waals surface area (Å²) in [4.78, 5) is 2.33. The van der Waals surface area contributed by atoms with Gasteiger partial charge in [-0.1, -0.05) is 11.6 Å². The van der Waals surface area contributed by atoms with E-state index in [2.05, 4.69) is 16.9 Å². The highest BCUT2D eigenvalue weighted by Gasteiger charge is 2.22. The fourth-order valence-corrected chi connectivity index (χ4v) is 2.49. The maximum absolute atomic E-state index is 6.32. The van der Waals surface area contributed by atoms with Gasteiger partial charge in [0.15, 0.2) is 0 Å². The topological polar surface area (TPSA) is 56.3 Å². The highest BCUT2D eigenvalue weighted by atomic mass is 35.5. The quantitative estimate of drug-likeness (QED) is 0.889. The third-order valence-corrected chi connectivity index (χ3v) is 3.80. The molecule has 0 bridgehead atoms. The first kappa shape index (κ1) is 13.8. The van der Waals surface area contributed by atoms with Crippen molar-refractivity contribution < 1.29 is 4.74 Å². The van der Waals surface area contributed by atoms with Crippen molar-refractivity contribution in [2.24, 2.45) is 5.73 Å². The van der Waals surface area contributed by atoms with E-state index in [0.29, 0.717) is 6.54 Å². The number of nitrogens with two attached hydrogens (primary N) is 1. The molecule has 2 N–H and O–H groups in total. The van der Waals surface area contributed by atoms with Crippen LogP contribution in [-0.2, 0) is 17.8 Å². The van der Waals surface area contributed by atoms with Gasteiger partial charge >= 0.3 is 0 Å². The number of hydrogen-bond donors (Lipinski definition) is 1. The Bertz CT molecular complexity index is 407. The van der Waals surface area contributed by atoms with E-state index >= 15 is 0 Å². The molecule has 0 amide bonds. The number of rotatable bonds is 4. The SMILES string of the molecule is CCn1nc(C)c(Cl)c1CN1CCOC(CN)C1. The molecule has 1 fully saturated rings. The normalized spacial score (nSPS) is 21.4. The first-order valence-corrected chi connectivity index (χ1v) is 6.79. The summed E-state index contributed by atoms with van der Waals surface area (Å²) < 4.78 is 7.54. The Morgan fingerprint density at radius 1 is 1.56 bits per heavy atom. The van der Waals surface area contributed by atoms with Crippen molar-refractivity contribution in [3.63, 3.8) is 0 Å². The van der Waals surface area contributed by atoms with Crippen molar-refractivity contribution in [2.45, 2.75) is 33.0 Å². The fourth-order valence-electron chi connectivity index (χ4n) is 2.30. The smallest absolute Gasteiger partial charge is 0.0860 e. The van der Waals surface area contributed by atoms with Gasteiger partial charge in [0.2, 0.25) is 0 Å². The lowest BCUT2D eigenvalue weighted by Gasteiger charge is -2.32. The van der Waals surface area contributed by atoms with Crippen LogP contribution in [0.5, 0.6) is 0 Å². The van der Waals surface area contributed by atoms with Crippen LogP contribution in [0.2, 0.25) is 5.02 Å². The second-order valence-electron chi connectivity index (χ2n) is 4.63. The molecule has 1 aliphatic heterocycles. The molecule has 102 valence electrons. The van der Waals surface area contributed by atoms with Crippen LogP contribution in [-0.4, -0.2) is 47.0 Å². The molecule has 18 heavy (non-hydrogen) atoms. The van der Waals surface area contributed by atoms with Gasteiger partial charge in [0.1, 0.15) is 0 Å². The summed E-state index contributed by atoms with van der Waals surface area (Å²) in [6.45, 7) is 8.76. The summed E-state index contributed by atoms with van der Waals surface area (Å²) in [6.07, 6.45) is 0.136. The number of aromatic nitrogens is 2. The van der Waals surface area contributed by atoms with Crippen LogP contribution in [0.4, 0.5) is 0 Å². The van der Waals surface area contributed by atoms with E-state index in [9.17, 15) is 0 Å². The molecule has 0 spiro atoms. The molecular weight excluding hydrogens is 252 g/mol. The molecule has 1 saturated heterocycles. The molecule has 0 radical (unpaired) electrons. The van der Waals surface area contributed by atoms with Crippen LogP contribution < -0.4 is 5.73 Å². The van der Waals surface area contributed by atoms with Crippen LogP contribution in [0.25, 0.3) is 0 Å². The molecule has 2 heterocycles. The van der Waals surface area contributed by atoms with E-state index in [0.717, 1.165) is 49.2 Å². The van der Waals surface area contributed by atoms with E-state index in [1.165, 1.54) is 0 Å². The number of halogens is 1. The van der Waals surface area contributed by atoms with Crippen LogP contribution in [0.15, 0.2) is 0 Å². The van der Waals surface area contributed by atoms with Crippen molar-refractivity contribution in [3.05, 3.63) is 16.4 Å². The summed E-state index contributed by atoms with van der Waals surface area (Å²) in [5, 5.41) is 5.22. The maximum atomic E-state index is 6.32. The molecular formula is C12H21ClN4O. The Labute approximate surface area is 113 Å². The standard InChI is InChI=1S/C12H21ClN4O/c1-3-17-11(12(13)9(2)15-17)8-16-4-5-18-10(6-14)7-16/h10H,3-8,14H2,1-2H3. The Kier molecular flexibility index (Phi) is 4.61. The third-order valence-electron chi connectivity index (χ3n) is 3.31. The molecule has 0 saturated carbocycles. The predicted octanol–water partition coefficient (Wildman–Crippen LogP) is 1.02. The van der Waals surface area contributed by atoms with Gasteiger partial charge in [-0.25, -0.2) is 0 Å². The van der Waals surface area contributed by atoms with Gasteiger partial charge in [-0.3, -0.25) is 9.58 Å². The number of hydrogen-bond acceptors (Lipinski definition) is 4. The van der Waals surface area contributed by atoms with E-state index in [4.69, 9.17) is 22.1 Å². The van der Waals surface area contributed by atoms with Crippen LogP contribution in [0.3, 0.4) is 0 Å². The van der Waals surface area contributed by atoms with Crippen LogP contribution in [0, 0.1) is 6.92 Å². The molecule has 1 unspecified atom stereocenters. The first-order valence-electron chi connectivity index (χ1n) is 6.41. The molecule has 1 aromatic rings. The molecule has 1 aliphatic rings. The minimum absolute atomic E-state index is 0.136. The number of morpholine rings is 1. The molecule has 6 heteroatoms. The lowest BCUT2D eigenvalue weighted by atomic mass is 10.2. The summed E-state index contributed by atoms with van der Waals surface area (Å²) in [7, 11) is 0. The van der Waals surface area contributed by atoms with E-state index < -0.39 is 0 Å². The zero-order chi connectivity index (χ0) is 13.1. The number of nitrogens with zero attached hydrogens (tertiary/aromatic N) is 3. The van der Waals surface area contributed by atoms with Crippen molar-refractivity contribution in [1.29, 1.82) is 0 Å². The van der Waals surface area contributed by atoms with Crippen molar-refractivity contribution >= 4 is 11.6 Å². The van der Waals surface area contributed by atoms with Gasteiger partial charge < -0.3 is 10.5 Å². The average Bonchev–Trinajstić information content (AvgIpc) is 2.67. The number of aryl methyl sites for hydroxylation is 2. The van der Waals surface area contributed by atoms with Gasteiger partial charge in [-0.15, -0.1) is 0 Å². The highest BCUT2D eigenvalue weighted by molar-refractivity contribution is 6.31. The Balaban J connectivity index is 2.08. The fraction of sp³-hybridized carbons (Fsp3) is 0.750. The summed E-state index contributed by atoms with van der Waals surface area (Å²) >= 11 is 6.32. The minimum Gasteiger partial charge on any atom is -0.374 e. The van der Waals surface area contributed by atoms with E-state index in [1.807, 2.05) is 11.6 Å². The van der Waals surface area contributed by atoms with E-state index in [1.54, 1.807) is 0 Å². The molecule has 1 aromatic heterocycles. The molecule has 0 aliphatic carbocycles. The van der Waals surface area contributed by atoms with Gasteiger partial charge in [0.25, 0.3) is 0 Å². The van der Waals surface area contributed by atoms with Crippen LogP contribution >= 0.6 is 11.6 Å². The lowest BCUT2D eigenvalue weighted by Crippen LogP contribution is -2.45. The summed E-state index contributed by atoms with van der Waals surface area (Å²) in [5.41, 5.74) is 7.65. The summed E-state index contributed by atoms with van der Waals surface area (Å²) in [6, 6.07) is 0. The first-order chi connectivity index (χ1) is 8.65. The van der Waals surface area contributed by atoms with E-state index in [-0.39, 0.29) is 6.10 Å². The van der Waals surface area contributed by atoms with Crippen molar-refractivity contribution in [2.75, 3.05) is 26.2 Å². The van der Waals surface area contributed by atoms with Crippen molar-refractivity contribution in [3.8, 4) is 0 Å².